The van der Waals surface area contributed by atoms with Gasteiger partial charge in [-0.15, -0.1) is 11.3 Å². The highest BCUT2D eigenvalue weighted by atomic mass is 32.2. The predicted molar refractivity (Wildman–Crippen MR) is 109 cm³/mol. The van der Waals surface area contributed by atoms with E-state index in [9.17, 15) is 9.59 Å². The van der Waals surface area contributed by atoms with Crippen LogP contribution in [-0.4, -0.2) is 26.9 Å². The molecule has 1 aliphatic rings. The number of thioether (sulfide) groups is 1. The summed E-state index contributed by atoms with van der Waals surface area (Å²) >= 11 is 2.84. The molecular formula is C20H20N2O3S2. The molecule has 140 valence electrons. The molecule has 5 nitrogen and oxygen atoms in total. The van der Waals surface area contributed by atoms with Gasteiger partial charge in [0.1, 0.15) is 16.2 Å². The minimum absolute atomic E-state index is 0.0886. The number of ether oxygens (including phenoxy) is 1. The largest absolute Gasteiger partial charge is 0.462 e. The van der Waals surface area contributed by atoms with Crippen LogP contribution in [0.25, 0.3) is 15.9 Å². The summed E-state index contributed by atoms with van der Waals surface area (Å²) in [6, 6.07) is 7.77. The average Bonchev–Trinajstić information content (AvgIpc) is 3.06. The number of cyclic esters (lactones) is 1. The molecule has 1 fully saturated rings. The van der Waals surface area contributed by atoms with Crippen LogP contribution in [-0.2, 0) is 9.53 Å². The molecule has 3 aromatic rings. The number of carbonyl (C=O) groups excluding carboxylic acids is 1. The van der Waals surface area contributed by atoms with Crippen molar-refractivity contribution < 1.29 is 9.53 Å². The second-order valence-corrected chi connectivity index (χ2v) is 9.30. The van der Waals surface area contributed by atoms with Gasteiger partial charge >= 0.3 is 5.97 Å². The molecule has 3 heterocycles. The van der Waals surface area contributed by atoms with Gasteiger partial charge in [0, 0.05) is 11.3 Å². The molecule has 1 aliphatic heterocycles. The second kappa shape index (κ2) is 6.80. The molecule has 7 heteroatoms. The number of hydrogen-bond donors (Lipinski definition) is 0. The van der Waals surface area contributed by atoms with Crippen LogP contribution in [0.3, 0.4) is 0 Å². The Morgan fingerprint density at radius 3 is 2.70 bits per heavy atom. The van der Waals surface area contributed by atoms with Crippen LogP contribution < -0.4 is 5.56 Å². The number of nitrogens with zero attached hydrogens (tertiary/aromatic N) is 2. The predicted octanol–water partition coefficient (Wildman–Crippen LogP) is 4.17. The maximum Gasteiger partial charge on any atom is 0.319 e. The van der Waals surface area contributed by atoms with Crippen LogP contribution in [0.2, 0.25) is 0 Å². The Hall–Kier alpha value is -2.12. The van der Waals surface area contributed by atoms with Gasteiger partial charge in [0.05, 0.1) is 11.1 Å². The van der Waals surface area contributed by atoms with E-state index in [-0.39, 0.29) is 22.9 Å². The highest BCUT2D eigenvalue weighted by molar-refractivity contribution is 8.00. The topological polar surface area (TPSA) is 61.2 Å². The smallest absolute Gasteiger partial charge is 0.319 e. The zero-order valence-electron chi connectivity index (χ0n) is 15.6. The zero-order valence-corrected chi connectivity index (χ0v) is 17.2. The molecule has 27 heavy (non-hydrogen) atoms. The van der Waals surface area contributed by atoms with Crippen molar-refractivity contribution in [1.82, 2.24) is 9.55 Å². The number of fused-ring (bicyclic) bond motifs is 1. The first-order valence-electron chi connectivity index (χ1n) is 8.82. The summed E-state index contributed by atoms with van der Waals surface area (Å²) < 4.78 is 6.91. The van der Waals surface area contributed by atoms with Crippen LogP contribution >= 0.6 is 23.1 Å². The van der Waals surface area contributed by atoms with Crippen LogP contribution in [0, 0.1) is 20.8 Å². The van der Waals surface area contributed by atoms with Gasteiger partial charge in [-0.25, -0.2) is 4.98 Å². The summed E-state index contributed by atoms with van der Waals surface area (Å²) in [6.07, 6.45) is 0.511. The van der Waals surface area contributed by atoms with Crippen molar-refractivity contribution in [1.29, 1.82) is 0 Å². The minimum Gasteiger partial charge on any atom is -0.462 e. The van der Waals surface area contributed by atoms with Crippen molar-refractivity contribution in [3.63, 3.8) is 0 Å². The van der Waals surface area contributed by atoms with E-state index in [1.54, 1.807) is 4.57 Å². The summed E-state index contributed by atoms with van der Waals surface area (Å²) in [5, 5.41) is 0.851. The van der Waals surface area contributed by atoms with E-state index < -0.39 is 0 Å². The van der Waals surface area contributed by atoms with Crippen molar-refractivity contribution in [2.24, 2.45) is 0 Å². The third-order valence-corrected chi connectivity index (χ3v) is 7.06. The van der Waals surface area contributed by atoms with E-state index >= 15 is 0 Å². The normalized spacial score (nSPS) is 19.6. The van der Waals surface area contributed by atoms with Gasteiger partial charge in [-0.1, -0.05) is 23.9 Å². The van der Waals surface area contributed by atoms with Crippen LogP contribution in [0.5, 0.6) is 0 Å². The molecule has 0 N–H and O–H groups in total. The van der Waals surface area contributed by atoms with E-state index in [1.807, 2.05) is 52.0 Å². The molecule has 0 unspecified atom stereocenters. The lowest BCUT2D eigenvalue weighted by Gasteiger charge is -2.14. The molecule has 0 amide bonds. The van der Waals surface area contributed by atoms with Crippen LogP contribution in [0.4, 0.5) is 0 Å². The quantitative estimate of drug-likeness (QED) is 0.488. The fourth-order valence-corrected chi connectivity index (χ4v) is 5.58. The molecule has 2 aromatic heterocycles. The zero-order chi connectivity index (χ0) is 19.3. The Labute approximate surface area is 165 Å². The molecule has 0 radical (unpaired) electrons. The van der Waals surface area contributed by atoms with Crippen LogP contribution in [0.15, 0.2) is 34.2 Å². The van der Waals surface area contributed by atoms with Gasteiger partial charge in [-0.2, -0.15) is 0 Å². The van der Waals surface area contributed by atoms with Gasteiger partial charge in [-0.3, -0.25) is 14.2 Å². The second-order valence-electron chi connectivity index (χ2n) is 6.93. The number of carbonyl (C=O) groups is 1. The highest BCUT2D eigenvalue weighted by Gasteiger charge is 2.34. The number of aromatic nitrogens is 2. The van der Waals surface area contributed by atoms with Gasteiger partial charge in [0.15, 0.2) is 5.16 Å². The number of rotatable bonds is 3. The first-order chi connectivity index (χ1) is 12.8. The van der Waals surface area contributed by atoms with E-state index in [4.69, 9.17) is 9.72 Å². The molecule has 0 spiro atoms. The van der Waals surface area contributed by atoms with E-state index in [2.05, 4.69) is 0 Å². The van der Waals surface area contributed by atoms with Crippen LogP contribution in [0.1, 0.15) is 29.3 Å². The summed E-state index contributed by atoms with van der Waals surface area (Å²) in [5.74, 6) is -0.240. The van der Waals surface area contributed by atoms with Crippen molar-refractivity contribution in [2.45, 2.75) is 50.6 Å². The monoisotopic (exact) mass is 400 g/mol. The lowest BCUT2D eigenvalue weighted by atomic mass is 10.2. The van der Waals surface area contributed by atoms with Crippen molar-refractivity contribution in [3.8, 4) is 5.69 Å². The maximum atomic E-state index is 13.4. The fraction of sp³-hybridized carbons (Fsp3) is 0.350. The highest BCUT2D eigenvalue weighted by Crippen LogP contribution is 2.34. The third-order valence-electron chi connectivity index (χ3n) is 4.81. The molecule has 2 atom stereocenters. The van der Waals surface area contributed by atoms with Crippen molar-refractivity contribution in [3.05, 3.63) is 50.6 Å². The molecule has 1 saturated heterocycles. The number of esters is 1. The van der Waals surface area contributed by atoms with Crippen molar-refractivity contribution >= 4 is 39.3 Å². The van der Waals surface area contributed by atoms with E-state index in [0.29, 0.717) is 17.0 Å². The Morgan fingerprint density at radius 2 is 2.04 bits per heavy atom. The van der Waals surface area contributed by atoms with Crippen molar-refractivity contribution in [2.75, 3.05) is 0 Å². The molecular weight excluding hydrogens is 380 g/mol. The Balaban J connectivity index is 1.94. The lowest BCUT2D eigenvalue weighted by molar-refractivity contribution is -0.140. The van der Waals surface area contributed by atoms with E-state index in [0.717, 1.165) is 26.5 Å². The first-order valence-corrected chi connectivity index (χ1v) is 10.5. The standard InChI is InChI=1S/C20H20N2O3S2/c1-10-6-5-7-14(8-10)22-18(23)16-12(3)13(4)26-17(16)21-20(22)27-15-9-11(2)25-19(15)24/h5-8,11,15H,9H2,1-4H3/t11-,15+/m0/s1. The average molecular weight is 401 g/mol. The van der Waals surface area contributed by atoms with Gasteiger partial charge < -0.3 is 4.74 Å². The van der Waals surface area contributed by atoms with Gasteiger partial charge in [0.2, 0.25) is 0 Å². The molecule has 0 aliphatic carbocycles. The Bertz CT molecular complexity index is 1120. The maximum absolute atomic E-state index is 13.4. The van der Waals surface area contributed by atoms with E-state index in [1.165, 1.54) is 23.1 Å². The summed E-state index contributed by atoms with van der Waals surface area (Å²) in [5.41, 5.74) is 2.70. The Kier molecular flexibility index (Phi) is 4.60. The lowest BCUT2D eigenvalue weighted by Crippen LogP contribution is -2.23. The fourth-order valence-electron chi connectivity index (χ4n) is 3.29. The number of aryl methyl sites for hydroxylation is 3. The summed E-state index contributed by atoms with van der Waals surface area (Å²) in [4.78, 5) is 32.1. The molecule has 4 rings (SSSR count). The van der Waals surface area contributed by atoms with Gasteiger partial charge in [-0.05, 0) is 51.0 Å². The van der Waals surface area contributed by atoms with Gasteiger partial charge in [0.25, 0.3) is 5.56 Å². The number of thiophene rings is 1. The Morgan fingerprint density at radius 1 is 1.26 bits per heavy atom. The molecule has 0 saturated carbocycles. The SMILES string of the molecule is Cc1cccc(-n2c(S[C@@H]3C[C@H](C)OC3=O)nc3sc(C)c(C)c3c2=O)c1. The number of hydrogen-bond acceptors (Lipinski definition) is 6. The third kappa shape index (κ3) is 3.19. The summed E-state index contributed by atoms with van der Waals surface area (Å²) in [6.45, 7) is 7.83. The molecule has 1 aromatic carbocycles. The number of benzene rings is 1. The first kappa shape index (κ1) is 18.3. The molecule has 0 bridgehead atoms. The summed E-state index contributed by atoms with van der Waals surface area (Å²) in [7, 11) is 0. The minimum atomic E-state index is -0.345.